The lowest BCUT2D eigenvalue weighted by atomic mass is 9.32. The summed E-state index contributed by atoms with van der Waals surface area (Å²) >= 11 is 0. The van der Waals surface area contributed by atoms with Gasteiger partial charge < -0.3 is 20.1 Å². The van der Waals surface area contributed by atoms with E-state index in [1.165, 1.54) is 115 Å². The van der Waals surface area contributed by atoms with Crippen LogP contribution in [0, 0.1) is 56.7 Å². The first-order valence-electron chi connectivity index (χ1n) is 19.8. The van der Waals surface area contributed by atoms with E-state index >= 15 is 0 Å². The molecule has 0 bridgehead atoms. The number of aliphatic hydroxyl groups excluding tert-OH is 1. The number of fused-ring (bicyclic) bond motifs is 7. The summed E-state index contributed by atoms with van der Waals surface area (Å²) in [6.07, 6.45) is 15.8. The number of nitrogens with zero attached hydrogens (tertiary/aromatic N) is 2. The topological polar surface area (TPSA) is 48.0 Å². The average molecular weight is 640 g/mol. The van der Waals surface area contributed by atoms with Crippen molar-refractivity contribution in [3.8, 4) is 0 Å². The molecule has 2 N–H and O–H groups in total. The summed E-state index contributed by atoms with van der Waals surface area (Å²) in [5.74, 6) is 3.79. The van der Waals surface area contributed by atoms with Gasteiger partial charge in [-0.2, -0.15) is 0 Å². The Labute approximate surface area is 284 Å². The number of allylic oxidation sites excluding steroid dienone is 1. The van der Waals surface area contributed by atoms with Crippen molar-refractivity contribution in [2.24, 2.45) is 56.7 Å². The molecule has 5 nitrogen and oxygen atoms in total. The fraction of sp³-hybridized carbons (Fsp3) is 0.951. The van der Waals surface area contributed by atoms with Gasteiger partial charge in [0.2, 0.25) is 0 Å². The molecule has 0 radical (unpaired) electrons. The maximum Gasteiger partial charge on any atom is 0.0594 e. The van der Waals surface area contributed by atoms with Gasteiger partial charge in [0.05, 0.1) is 12.7 Å². The highest BCUT2D eigenvalue weighted by atomic mass is 16.5. The molecule has 0 amide bonds. The van der Waals surface area contributed by atoms with Gasteiger partial charge >= 0.3 is 0 Å². The lowest BCUT2D eigenvalue weighted by Crippen LogP contribution is -2.66. The van der Waals surface area contributed by atoms with Crippen molar-refractivity contribution in [3.05, 3.63) is 12.2 Å². The number of ether oxygens (including phenoxy) is 1. The highest BCUT2D eigenvalue weighted by Crippen LogP contribution is 2.77. The molecule has 5 saturated carbocycles. The third-order valence-corrected chi connectivity index (χ3v) is 16.9. The van der Waals surface area contributed by atoms with E-state index in [9.17, 15) is 5.11 Å². The van der Waals surface area contributed by atoms with Gasteiger partial charge in [-0.3, -0.25) is 4.90 Å². The first-order valence-corrected chi connectivity index (χ1v) is 19.8. The summed E-state index contributed by atoms with van der Waals surface area (Å²) < 4.78 is 5.27. The van der Waals surface area contributed by atoms with Crippen molar-refractivity contribution in [2.75, 3.05) is 66.1 Å². The summed E-state index contributed by atoms with van der Waals surface area (Å²) in [5.41, 5.74) is 3.19. The van der Waals surface area contributed by atoms with E-state index in [0.29, 0.717) is 33.5 Å². The summed E-state index contributed by atoms with van der Waals surface area (Å²) in [6, 6.07) is 0. The Morgan fingerprint density at radius 2 is 1.52 bits per heavy atom. The highest BCUT2D eigenvalue weighted by molar-refractivity contribution is 5.21. The van der Waals surface area contributed by atoms with Gasteiger partial charge in [-0.15, -0.1) is 0 Å². The number of methoxy groups -OCH3 is 1. The van der Waals surface area contributed by atoms with Crippen LogP contribution in [0.25, 0.3) is 0 Å². The molecular formula is C41H73N3O2. The van der Waals surface area contributed by atoms with Gasteiger partial charge in [-0.05, 0) is 160 Å². The van der Waals surface area contributed by atoms with Crippen LogP contribution in [0.4, 0.5) is 0 Å². The number of piperazine rings is 1. The number of aliphatic hydroxyl groups is 1. The Morgan fingerprint density at radius 1 is 0.804 bits per heavy atom. The Morgan fingerprint density at radius 3 is 2.22 bits per heavy atom. The van der Waals surface area contributed by atoms with Gasteiger partial charge in [-0.25, -0.2) is 0 Å². The standard InChI is InChI=1S/C41H73N3O2/c1-30(2)31-12-17-41(20-22-42-21-9-23-43-24-26-44(27-25-43)28-29-46-8)19-18-39(6)32(36(31)41)10-11-34-38(5)15-14-35(45)37(3,4)33(38)13-16-40(34,39)7/h31-36,42,45H,1,9-29H2,2-8H3/t31-,32+,33-,34+,35-,36+,38-,39+,40+,41+/m0/s1. The Balaban J connectivity index is 1.09. The zero-order valence-electron chi connectivity index (χ0n) is 31.3. The zero-order chi connectivity index (χ0) is 33.0. The number of nitrogens with one attached hydrogen (secondary N) is 1. The van der Waals surface area contributed by atoms with Crippen LogP contribution >= 0.6 is 0 Å². The second-order valence-corrected chi connectivity index (χ2v) is 19.0. The van der Waals surface area contributed by atoms with E-state index in [0.717, 1.165) is 43.9 Å². The van der Waals surface area contributed by atoms with E-state index in [1.807, 2.05) is 0 Å². The molecule has 0 aromatic heterocycles. The monoisotopic (exact) mass is 640 g/mol. The molecule has 0 aromatic rings. The number of rotatable bonds is 11. The number of hydrogen-bond donors (Lipinski definition) is 2. The lowest BCUT2D eigenvalue weighted by Gasteiger charge is -2.73. The fourth-order valence-electron chi connectivity index (χ4n) is 14.0. The van der Waals surface area contributed by atoms with Gasteiger partial charge in [0.15, 0.2) is 0 Å². The Hall–Kier alpha value is -0.460. The largest absolute Gasteiger partial charge is 0.393 e. The molecule has 0 unspecified atom stereocenters. The summed E-state index contributed by atoms with van der Waals surface area (Å²) in [5, 5.41) is 15.0. The van der Waals surface area contributed by atoms with Gasteiger partial charge in [0.1, 0.15) is 0 Å². The molecule has 1 aliphatic heterocycles. The molecule has 1 heterocycles. The van der Waals surface area contributed by atoms with Crippen molar-refractivity contribution < 1.29 is 9.84 Å². The van der Waals surface area contributed by atoms with Crippen LogP contribution in [0.2, 0.25) is 0 Å². The third-order valence-electron chi connectivity index (χ3n) is 16.9. The normalized spacial score (nSPS) is 45.8. The van der Waals surface area contributed by atoms with Crippen molar-refractivity contribution in [1.82, 2.24) is 15.1 Å². The highest BCUT2D eigenvalue weighted by Gasteiger charge is 2.70. The van der Waals surface area contributed by atoms with Crippen molar-refractivity contribution >= 4 is 0 Å². The van der Waals surface area contributed by atoms with Crippen LogP contribution in [0.1, 0.15) is 119 Å². The maximum absolute atomic E-state index is 11.1. The third kappa shape index (κ3) is 5.80. The Kier molecular flexibility index (Phi) is 10.3. The molecule has 5 aliphatic carbocycles. The van der Waals surface area contributed by atoms with E-state index in [1.54, 1.807) is 7.11 Å². The van der Waals surface area contributed by atoms with Crippen LogP contribution in [-0.2, 0) is 4.74 Å². The molecule has 0 spiro atoms. The van der Waals surface area contributed by atoms with E-state index < -0.39 is 0 Å². The summed E-state index contributed by atoms with van der Waals surface area (Å²) in [6.45, 7) is 30.3. The maximum atomic E-state index is 11.1. The second-order valence-electron chi connectivity index (χ2n) is 19.0. The van der Waals surface area contributed by atoms with Crippen molar-refractivity contribution in [2.45, 2.75) is 125 Å². The Bertz CT molecular complexity index is 1070. The molecule has 1 saturated heterocycles. The average Bonchev–Trinajstić information content (AvgIpc) is 3.41. The van der Waals surface area contributed by atoms with Crippen molar-refractivity contribution in [3.63, 3.8) is 0 Å². The smallest absolute Gasteiger partial charge is 0.0594 e. The number of hydrogen-bond acceptors (Lipinski definition) is 5. The van der Waals surface area contributed by atoms with Crippen molar-refractivity contribution in [1.29, 1.82) is 0 Å². The summed E-state index contributed by atoms with van der Waals surface area (Å²) in [4.78, 5) is 5.21. The molecule has 0 aromatic carbocycles. The lowest BCUT2D eigenvalue weighted by molar-refractivity contribution is -0.247. The predicted molar refractivity (Wildman–Crippen MR) is 192 cm³/mol. The first kappa shape index (κ1) is 35.4. The van der Waals surface area contributed by atoms with E-state index in [4.69, 9.17) is 4.74 Å². The summed E-state index contributed by atoms with van der Waals surface area (Å²) in [7, 11) is 1.81. The molecule has 5 heteroatoms. The molecule has 10 atom stereocenters. The van der Waals surface area contributed by atoms with Gasteiger partial charge in [0.25, 0.3) is 0 Å². The molecular weight excluding hydrogens is 566 g/mol. The van der Waals surface area contributed by atoms with Gasteiger partial charge in [0, 0.05) is 39.8 Å². The van der Waals surface area contributed by atoms with Crippen LogP contribution in [0.5, 0.6) is 0 Å². The minimum Gasteiger partial charge on any atom is -0.393 e. The van der Waals surface area contributed by atoms with Crippen LogP contribution < -0.4 is 5.32 Å². The fourth-order valence-corrected chi connectivity index (χ4v) is 14.0. The molecule has 46 heavy (non-hydrogen) atoms. The van der Waals surface area contributed by atoms with Gasteiger partial charge in [-0.1, -0.05) is 46.8 Å². The zero-order valence-corrected chi connectivity index (χ0v) is 31.3. The molecule has 6 aliphatic rings. The molecule has 264 valence electrons. The first-order chi connectivity index (χ1) is 21.8. The molecule has 6 rings (SSSR count). The minimum atomic E-state index is -0.137. The SMILES string of the molecule is C=C(C)[C@@H]1CC[C@]2(CCNCCCN3CCN(CCOC)CC3)CC[C@]3(C)[C@H](CC[C@@H]4[C@@]5(C)CC[C@H](O)C(C)(C)[C@@H]5CC[C@]43C)[C@@H]12. The minimum absolute atomic E-state index is 0.0381. The van der Waals surface area contributed by atoms with Crippen LogP contribution in [0.15, 0.2) is 12.2 Å². The molecule has 6 fully saturated rings. The van der Waals surface area contributed by atoms with E-state index in [2.05, 4.69) is 63.2 Å². The quantitative estimate of drug-likeness (QED) is 0.180. The van der Waals surface area contributed by atoms with E-state index in [-0.39, 0.29) is 11.5 Å². The van der Waals surface area contributed by atoms with Crippen LogP contribution in [-0.4, -0.2) is 87.1 Å². The second kappa shape index (κ2) is 13.3. The predicted octanol–water partition coefficient (Wildman–Crippen LogP) is 7.64. The van der Waals surface area contributed by atoms with Crippen LogP contribution in [0.3, 0.4) is 0 Å².